The first-order valence-corrected chi connectivity index (χ1v) is 16.5. The zero-order valence-electron chi connectivity index (χ0n) is 24.0. The number of rotatable bonds is 7. The molecule has 4 heterocycles. The Morgan fingerprint density at radius 3 is 2.46 bits per heavy atom. The number of furan rings is 1. The molecular formula is C30H43N3O3Si. The Kier molecular flexibility index (Phi) is 7.68. The van der Waals surface area contributed by atoms with E-state index in [2.05, 4.69) is 71.4 Å². The first-order chi connectivity index (χ1) is 17.3. The van der Waals surface area contributed by atoms with E-state index in [0.29, 0.717) is 23.1 Å². The third-order valence-corrected chi connectivity index (χ3v) is 12.8. The summed E-state index contributed by atoms with van der Waals surface area (Å²) in [6.07, 6.45) is 5.90. The molecule has 0 spiro atoms. The summed E-state index contributed by atoms with van der Waals surface area (Å²) >= 11 is 0. The van der Waals surface area contributed by atoms with Crippen LogP contribution in [0.15, 0.2) is 41.3 Å². The minimum absolute atomic E-state index is 0.00991. The summed E-state index contributed by atoms with van der Waals surface area (Å²) in [6.45, 7) is 22.2. The van der Waals surface area contributed by atoms with Crippen LogP contribution < -0.4 is 4.90 Å². The SMILES string of the molecule is CC(C)c1coc2ccc(C(=O)Cc3cnccc3N3C[C@@H](C)C(O[Si](C)(C)C(C)(C)C)[C@@H](C)C3)nc12. The number of piperidine rings is 1. The molecule has 3 atom stereocenters. The Morgan fingerprint density at radius 2 is 1.84 bits per heavy atom. The van der Waals surface area contributed by atoms with Gasteiger partial charge in [-0.1, -0.05) is 48.5 Å². The van der Waals surface area contributed by atoms with Crippen LogP contribution in [0.25, 0.3) is 11.1 Å². The maximum atomic E-state index is 13.4. The van der Waals surface area contributed by atoms with Gasteiger partial charge >= 0.3 is 0 Å². The van der Waals surface area contributed by atoms with E-state index in [1.165, 1.54) is 0 Å². The molecule has 3 aromatic rings. The second kappa shape index (κ2) is 10.3. The summed E-state index contributed by atoms with van der Waals surface area (Å²) in [6, 6.07) is 5.66. The predicted octanol–water partition coefficient (Wildman–Crippen LogP) is 7.25. The number of nitrogens with zero attached hydrogens (tertiary/aromatic N) is 3. The molecule has 1 unspecified atom stereocenters. The molecule has 37 heavy (non-hydrogen) atoms. The molecule has 0 aliphatic carbocycles. The van der Waals surface area contributed by atoms with Crippen molar-refractivity contribution in [2.75, 3.05) is 18.0 Å². The van der Waals surface area contributed by atoms with Crippen LogP contribution in [-0.2, 0) is 10.8 Å². The molecule has 0 bridgehead atoms. The standard InChI is InChI=1S/C30H43N3O3Si/c1-19(2)23-18-35-27-11-10-24(32-28(23)27)26(34)14-22-15-31-13-12-25(22)33-16-20(3)29(21(4)17-33)36-37(8,9)30(5,6)7/h10-13,15,18-21,29H,14,16-17H2,1-9H3/t20-,21+,29?. The van der Waals surface area contributed by atoms with Crippen LogP contribution in [0.2, 0.25) is 18.1 Å². The maximum Gasteiger partial charge on any atom is 0.192 e. The number of Topliss-reactive ketones (excluding diaryl/α,β-unsaturated/α-hetero) is 1. The summed E-state index contributed by atoms with van der Waals surface area (Å²) in [5.74, 6) is 1.03. The number of ketones is 1. The van der Waals surface area contributed by atoms with E-state index in [9.17, 15) is 4.79 Å². The highest BCUT2D eigenvalue weighted by molar-refractivity contribution is 6.74. The molecule has 1 fully saturated rings. The third-order valence-electron chi connectivity index (χ3n) is 8.30. The lowest BCUT2D eigenvalue weighted by molar-refractivity contribution is 0.0627. The van der Waals surface area contributed by atoms with E-state index in [1.807, 2.05) is 24.5 Å². The van der Waals surface area contributed by atoms with Gasteiger partial charge in [0.05, 0.1) is 12.4 Å². The number of carbonyl (C=O) groups excluding carboxylic acids is 1. The lowest BCUT2D eigenvalue weighted by Gasteiger charge is -2.48. The van der Waals surface area contributed by atoms with Crippen LogP contribution in [0.3, 0.4) is 0 Å². The molecule has 0 saturated carbocycles. The third kappa shape index (κ3) is 5.67. The Bertz CT molecular complexity index is 1250. The van der Waals surface area contributed by atoms with E-state index < -0.39 is 8.32 Å². The first-order valence-electron chi connectivity index (χ1n) is 13.6. The van der Waals surface area contributed by atoms with E-state index in [0.717, 1.165) is 35.4 Å². The minimum atomic E-state index is -1.86. The van der Waals surface area contributed by atoms with Gasteiger partial charge in [-0.2, -0.15) is 0 Å². The predicted molar refractivity (Wildman–Crippen MR) is 153 cm³/mol. The van der Waals surface area contributed by atoms with Crippen LogP contribution in [-0.4, -0.2) is 43.3 Å². The number of hydrogen-bond acceptors (Lipinski definition) is 6. The van der Waals surface area contributed by atoms with E-state index in [1.54, 1.807) is 12.3 Å². The summed E-state index contributed by atoms with van der Waals surface area (Å²) in [5.41, 5.74) is 5.01. The Morgan fingerprint density at radius 1 is 1.16 bits per heavy atom. The van der Waals surface area contributed by atoms with Crippen molar-refractivity contribution in [2.45, 2.75) is 85.0 Å². The summed E-state index contributed by atoms with van der Waals surface area (Å²) < 4.78 is 12.5. The van der Waals surface area contributed by atoms with Gasteiger partial charge in [-0.15, -0.1) is 0 Å². The topological polar surface area (TPSA) is 68.5 Å². The lowest BCUT2D eigenvalue weighted by atomic mass is 9.87. The van der Waals surface area contributed by atoms with Crippen molar-refractivity contribution in [3.63, 3.8) is 0 Å². The summed E-state index contributed by atoms with van der Waals surface area (Å²) in [5, 5.41) is 0.186. The maximum absolute atomic E-state index is 13.4. The molecule has 6 nitrogen and oxygen atoms in total. The fraction of sp³-hybridized carbons (Fsp3) is 0.567. The number of pyridine rings is 2. The number of anilines is 1. The van der Waals surface area contributed by atoms with Crippen molar-refractivity contribution >= 4 is 30.9 Å². The van der Waals surface area contributed by atoms with Crippen LogP contribution in [0.4, 0.5) is 5.69 Å². The van der Waals surface area contributed by atoms with Gasteiger partial charge in [0.1, 0.15) is 11.2 Å². The second-order valence-corrected chi connectivity index (χ2v) is 17.5. The molecule has 4 rings (SSSR count). The normalized spacial score (nSPS) is 21.1. The number of carbonyl (C=O) groups is 1. The second-order valence-electron chi connectivity index (χ2n) is 12.7. The van der Waals surface area contributed by atoms with Crippen molar-refractivity contribution in [3.8, 4) is 0 Å². The van der Waals surface area contributed by atoms with E-state index in [-0.39, 0.29) is 29.3 Å². The zero-order valence-corrected chi connectivity index (χ0v) is 25.0. The average molecular weight is 522 g/mol. The average Bonchev–Trinajstić information content (AvgIpc) is 3.24. The quantitative estimate of drug-likeness (QED) is 0.241. The van der Waals surface area contributed by atoms with Crippen LogP contribution in [0, 0.1) is 11.8 Å². The molecule has 1 aliphatic rings. The molecule has 0 N–H and O–H groups in total. The van der Waals surface area contributed by atoms with Crippen molar-refractivity contribution in [1.82, 2.24) is 9.97 Å². The van der Waals surface area contributed by atoms with Crippen molar-refractivity contribution in [2.24, 2.45) is 11.8 Å². The van der Waals surface area contributed by atoms with Gasteiger partial charge < -0.3 is 13.7 Å². The fourth-order valence-corrected chi connectivity index (χ4v) is 6.61. The summed E-state index contributed by atoms with van der Waals surface area (Å²) in [7, 11) is -1.86. The van der Waals surface area contributed by atoms with Crippen LogP contribution >= 0.6 is 0 Å². The molecule has 1 aliphatic heterocycles. The van der Waals surface area contributed by atoms with Gasteiger partial charge in [-0.3, -0.25) is 9.78 Å². The van der Waals surface area contributed by atoms with Crippen molar-refractivity contribution < 1.29 is 13.6 Å². The monoisotopic (exact) mass is 521 g/mol. The highest BCUT2D eigenvalue weighted by Crippen LogP contribution is 2.41. The molecule has 1 saturated heterocycles. The molecular weight excluding hydrogens is 478 g/mol. The number of hydrogen-bond donors (Lipinski definition) is 0. The molecule has 0 radical (unpaired) electrons. The Labute approximate surface area is 223 Å². The number of fused-ring (bicyclic) bond motifs is 1. The Balaban J connectivity index is 1.53. The minimum Gasteiger partial charge on any atom is -0.462 e. The zero-order chi connectivity index (χ0) is 27.1. The lowest BCUT2D eigenvalue weighted by Crippen LogP contribution is -2.54. The smallest absolute Gasteiger partial charge is 0.192 e. The van der Waals surface area contributed by atoms with E-state index >= 15 is 0 Å². The van der Waals surface area contributed by atoms with Gasteiger partial charge in [0.25, 0.3) is 0 Å². The molecule has 200 valence electrons. The van der Waals surface area contributed by atoms with Crippen molar-refractivity contribution in [3.05, 3.63) is 53.7 Å². The van der Waals surface area contributed by atoms with Crippen LogP contribution in [0.1, 0.15) is 76.0 Å². The summed E-state index contributed by atoms with van der Waals surface area (Å²) in [4.78, 5) is 24.8. The first kappa shape index (κ1) is 27.5. The molecule has 7 heteroatoms. The van der Waals surface area contributed by atoms with Gasteiger partial charge in [0.15, 0.2) is 19.7 Å². The van der Waals surface area contributed by atoms with Crippen LogP contribution in [0.5, 0.6) is 0 Å². The van der Waals surface area contributed by atoms with Gasteiger partial charge in [-0.05, 0) is 54.1 Å². The van der Waals surface area contributed by atoms with Gasteiger partial charge in [-0.25, -0.2) is 4.98 Å². The van der Waals surface area contributed by atoms with Gasteiger partial charge in [0, 0.05) is 48.7 Å². The fourth-order valence-electron chi connectivity index (χ4n) is 5.11. The molecule has 0 aromatic carbocycles. The highest BCUT2D eigenvalue weighted by Gasteiger charge is 2.43. The molecule has 3 aromatic heterocycles. The molecule has 0 amide bonds. The largest absolute Gasteiger partial charge is 0.462 e. The van der Waals surface area contributed by atoms with Gasteiger partial charge in [0.2, 0.25) is 0 Å². The highest BCUT2D eigenvalue weighted by atomic mass is 28.4. The Hall–Kier alpha value is -2.51. The number of aromatic nitrogens is 2. The van der Waals surface area contributed by atoms with Crippen molar-refractivity contribution in [1.29, 1.82) is 0 Å². The van der Waals surface area contributed by atoms with E-state index in [4.69, 9.17) is 13.8 Å².